The maximum Gasteiger partial charge on any atom is 0.262 e. The Labute approximate surface area is 154 Å². The lowest BCUT2D eigenvalue weighted by atomic mass is 10.0. The summed E-state index contributed by atoms with van der Waals surface area (Å²) in [7, 11) is 1.68. The minimum Gasteiger partial charge on any atom is -0.325 e. The number of rotatable bonds is 5. The first-order valence-electron chi connectivity index (χ1n) is 7.92. The quantitative estimate of drug-likeness (QED) is 0.545. The average molecular weight is 374 g/mol. The third-order valence-corrected chi connectivity index (χ3v) is 5.69. The Kier molecular flexibility index (Phi) is 5.24. The second-order valence-electron chi connectivity index (χ2n) is 6.01. The predicted molar refractivity (Wildman–Crippen MR) is 105 cm³/mol. The lowest BCUT2D eigenvalue weighted by Crippen LogP contribution is -2.20. The van der Waals surface area contributed by atoms with Gasteiger partial charge in [0, 0.05) is 12.7 Å². The molecule has 130 valence electrons. The van der Waals surface area contributed by atoms with Crippen molar-refractivity contribution in [3.63, 3.8) is 0 Å². The summed E-state index contributed by atoms with van der Waals surface area (Å²) >= 11 is 2.69. The van der Waals surface area contributed by atoms with Crippen molar-refractivity contribution in [2.75, 3.05) is 11.1 Å². The highest BCUT2D eigenvalue weighted by Gasteiger charge is 2.12. The van der Waals surface area contributed by atoms with Crippen LogP contribution in [0.15, 0.2) is 45.7 Å². The van der Waals surface area contributed by atoms with E-state index in [2.05, 4.69) is 24.1 Å². The fourth-order valence-corrected chi connectivity index (χ4v) is 3.96. The maximum atomic E-state index is 12.2. The minimum absolute atomic E-state index is 0.0848. The summed E-state index contributed by atoms with van der Waals surface area (Å²) in [5.41, 5.74) is 1.92. The van der Waals surface area contributed by atoms with E-state index in [0.29, 0.717) is 21.3 Å². The van der Waals surface area contributed by atoms with Gasteiger partial charge < -0.3 is 5.32 Å². The molecule has 7 heteroatoms. The molecule has 0 spiro atoms. The largest absolute Gasteiger partial charge is 0.325 e. The number of hydrogen-bond acceptors (Lipinski definition) is 5. The number of amides is 1. The van der Waals surface area contributed by atoms with Crippen molar-refractivity contribution in [2.45, 2.75) is 24.9 Å². The number of anilines is 1. The highest BCUT2D eigenvalue weighted by atomic mass is 32.2. The van der Waals surface area contributed by atoms with Crippen LogP contribution in [0.25, 0.3) is 10.2 Å². The van der Waals surface area contributed by atoms with E-state index in [0.717, 1.165) is 5.69 Å². The van der Waals surface area contributed by atoms with Gasteiger partial charge in [0.15, 0.2) is 5.16 Å². The van der Waals surface area contributed by atoms with Gasteiger partial charge >= 0.3 is 0 Å². The molecule has 1 aromatic carbocycles. The Morgan fingerprint density at radius 2 is 2.00 bits per heavy atom. The molecule has 0 aliphatic heterocycles. The average Bonchev–Trinajstić information content (AvgIpc) is 3.06. The number of aromatic nitrogens is 2. The molecule has 0 aliphatic rings. The van der Waals surface area contributed by atoms with Crippen LogP contribution in [0.5, 0.6) is 0 Å². The van der Waals surface area contributed by atoms with E-state index in [4.69, 9.17) is 0 Å². The van der Waals surface area contributed by atoms with Crippen LogP contribution >= 0.6 is 23.1 Å². The van der Waals surface area contributed by atoms with Crippen molar-refractivity contribution < 1.29 is 4.79 Å². The molecule has 0 aliphatic carbocycles. The second-order valence-corrected chi connectivity index (χ2v) is 7.85. The van der Waals surface area contributed by atoms with Crippen molar-refractivity contribution in [3.05, 3.63) is 51.6 Å². The first-order valence-corrected chi connectivity index (χ1v) is 9.79. The van der Waals surface area contributed by atoms with Gasteiger partial charge in [-0.25, -0.2) is 4.98 Å². The van der Waals surface area contributed by atoms with E-state index in [9.17, 15) is 9.59 Å². The van der Waals surface area contributed by atoms with E-state index in [-0.39, 0.29) is 17.2 Å². The molecule has 25 heavy (non-hydrogen) atoms. The molecule has 5 nitrogen and oxygen atoms in total. The molecule has 0 saturated carbocycles. The lowest BCUT2D eigenvalue weighted by Gasteiger charge is -2.09. The number of carbonyl (C=O) groups is 1. The topological polar surface area (TPSA) is 64.0 Å². The second kappa shape index (κ2) is 7.41. The summed E-state index contributed by atoms with van der Waals surface area (Å²) in [6, 6.07) is 9.62. The van der Waals surface area contributed by atoms with Crippen molar-refractivity contribution in [2.24, 2.45) is 7.05 Å². The van der Waals surface area contributed by atoms with Gasteiger partial charge in [-0.15, -0.1) is 11.3 Å². The molecule has 3 aromatic rings. The summed E-state index contributed by atoms with van der Waals surface area (Å²) in [4.78, 5) is 29.6. The van der Waals surface area contributed by atoms with Gasteiger partial charge in [0.2, 0.25) is 5.91 Å². The molecule has 0 unspecified atom stereocenters. The number of fused-ring (bicyclic) bond motifs is 1. The van der Waals surface area contributed by atoms with Gasteiger partial charge in [0.25, 0.3) is 5.56 Å². The third-order valence-electron chi connectivity index (χ3n) is 3.86. The molecule has 0 fully saturated rings. The SMILES string of the molecule is CC(C)c1ccc(NC(=O)CSc2nc3sccc3c(=O)n2C)cc1. The number of carbonyl (C=O) groups excluding carboxylic acids is 1. The molecular weight excluding hydrogens is 354 g/mol. The smallest absolute Gasteiger partial charge is 0.262 e. The number of benzene rings is 1. The fraction of sp³-hybridized carbons (Fsp3) is 0.278. The van der Waals surface area contributed by atoms with Crippen molar-refractivity contribution in [3.8, 4) is 0 Å². The maximum absolute atomic E-state index is 12.2. The minimum atomic E-state index is -0.122. The van der Waals surface area contributed by atoms with E-state index in [1.807, 2.05) is 29.6 Å². The van der Waals surface area contributed by atoms with E-state index in [1.54, 1.807) is 13.1 Å². The van der Waals surface area contributed by atoms with E-state index < -0.39 is 0 Å². The predicted octanol–water partition coefficient (Wildman–Crippen LogP) is 3.85. The van der Waals surface area contributed by atoms with Gasteiger partial charge in [-0.1, -0.05) is 37.7 Å². The van der Waals surface area contributed by atoms with Crippen LogP contribution in [0.1, 0.15) is 25.3 Å². The number of nitrogens with one attached hydrogen (secondary N) is 1. The summed E-state index contributed by atoms with van der Waals surface area (Å²) in [6.07, 6.45) is 0. The standard InChI is InChI=1S/C18H19N3O2S2/c1-11(2)12-4-6-13(7-5-12)19-15(22)10-25-18-20-16-14(8-9-24-16)17(23)21(18)3/h4-9,11H,10H2,1-3H3,(H,19,22). The van der Waals surface area contributed by atoms with Crippen LogP contribution in [-0.4, -0.2) is 21.2 Å². The number of nitrogens with zero attached hydrogens (tertiary/aromatic N) is 2. The first-order chi connectivity index (χ1) is 12.0. The Hall–Kier alpha value is -2.12. The number of thioether (sulfide) groups is 1. The third kappa shape index (κ3) is 3.93. The van der Waals surface area contributed by atoms with Crippen LogP contribution in [-0.2, 0) is 11.8 Å². The highest BCUT2D eigenvalue weighted by Crippen LogP contribution is 2.21. The summed E-state index contributed by atoms with van der Waals surface area (Å²) in [5, 5.41) is 5.88. The fourth-order valence-electron chi connectivity index (χ4n) is 2.39. The van der Waals surface area contributed by atoms with Crippen molar-refractivity contribution in [1.29, 1.82) is 0 Å². The zero-order chi connectivity index (χ0) is 18.0. The molecule has 0 bridgehead atoms. The van der Waals surface area contributed by atoms with Gasteiger partial charge in [-0.2, -0.15) is 0 Å². The van der Waals surface area contributed by atoms with Gasteiger partial charge in [-0.3, -0.25) is 14.2 Å². The zero-order valence-electron chi connectivity index (χ0n) is 14.3. The normalized spacial score (nSPS) is 11.2. The Bertz CT molecular complexity index is 959. The summed E-state index contributed by atoms with van der Waals surface area (Å²) in [5.74, 6) is 0.533. The van der Waals surface area contributed by atoms with Crippen molar-refractivity contribution >= 4 is 44.9 Å². The Balaban J connectivity index is 1.66. The van der Waals surface area contributed by atoms with E-state index in [1.165, 1.54) is 33.2 Å². The van der Waals surface area contributed by atoms with Crippen LogP contribution < -0.4 is 10.9 Å². The highest BCUT2D eigenvalue weighted by molar-refractivity contribution is 7.99. The monoisotopic (exact) mass is 373 g/mol. The van der Waals surface area contributed by atoms with Crippen LogP contribution in [0.3, 0.4) is 0 Å². The molecule has 0 radical (unpaired) electrons. The zero-order valence-corrected chi connectivity index (χ0v) is 15.9. The first kappa shape index (κ1) is 17.7. The van der Waals surface area contributed by atoms with Crippen molar-refractivity contribution in [1.82, 2.24) is 9.55 Å². The summed E-state index contributed by atoms with van der Waals surface area (Å²) < 4.78 is 1.49. The Morgan fingerprint density at radius 3 is 2.68 bits per heavy atom. The molecule has 0 atom stereocenters. The molecule has 1 amide bonds. The Morgan fingerprint density at radius 1 is 1.28 bits per heavy atom. The number of hydrogen-bond donors (Lipinski definition) is 1. The molecule has 1 N–H and O–H groups in total. The van der Waals surface area contributed by atoms with Gasteiger partial charge in [0.1, 0.15) is 4.83 Å². The van der Waals surface area contributed by atoms with E-state index >= 15 is 0 Å². The van der Waals surface area contributed by atoms with Gasteiger partial charge in [-0.05, 0) is 35.1 Å². The number of thiophene rings is 1. The van der Waals surface area contributed by atoms with Gasteiger partial charge in [0.05, 0.1) is 11.1 Å². The lowest BCUT2D eigenvalue weighted by molar-refractivity contribution is -0.113. The van der Waals surface area contributed by atoms with Crippen LogP contribution in [0.4, 0.5) is 5.69 Å². The van der Waals surface area contributed by atoms with Crippen LogP contribution in [0.2, 0.25) is 0 Å². The van der Waals surface area contributed by atoms with Crippen LogP contribution in [0, 0.1) is 0 Å². The molecule has 2 heterocycles. The molecule has 2 aromatic heterocycles. The molecule has 0 saturated heterocycles. The summed E-state index contributed by atoms with van der Waals surface area (Å²) in [6.45, 7) is 4.26. The molecular formula is C18H19N3O2S2. The molecule has 3 rings (SSSR count).